The van der Waals surface area contributed by atoms with E-state index in [9.17, 15) is 4.79 Å². The molecule has 13 rings (SSSR count). The van der Waals surface area contributed by atoms with E-state index in [1.165, 1.54) is 167 Å². The maximum absolute atomic E-state index is 10.5. The number of carbonyl (C=O) groups is 1. The summed E-state index contributed by atoms with van der Waals surface area (Å²) < 4.78 is 4.10. The molecule has 6 aromatic rings. The number of hydrogen-bond donors (Lipinski definition) is 0. The molecule has 3 aliphatic heterocycles. The Bertz CT molecular complexity index is 8110. The average molecular weight is 2530 g/mol. The van der Waals surface area contributed by atoms with Gasteiger partial charge in [-0.05, 0) is 296 Å². The fourth-order valence-electron chi connectivity index (χ4n) is 18.2. The predicted octanol–water partition coefficient (Wildman–Crippen LogP) is 33.1. The molecular formula is C136H201AcCl4I2N4O-. The number of unbranched alkanes of at least 4 members (excludes halogenated alkanes) is 11. The second kappa shape index (κ2) is 68.1. The molecule has 5 nitrogen and oxygen atoms in total. The fourth-order valence-corrected chi connectivity index (χ4v) is 19.1. The van der Waals surface area contributed by atoms with Gasteiger partial charge >= 0.3 is 0 Å². The van der Waals surface area contributed by atoms with Crippen LogP contribution >= 0.6 is 47.2 Å². The SMILES string of the molecule is C#CC#CC#CC#CC#CC#CC#CC#CC#CC#CC#C[N+]1=C(/C=C/C2=C(Cl)C(=C/C=C3/N(CCCCCCCCCCCCCC)c4ccc5ccccc5c4C3(C)C)/CCC2)C(C)(C)c2c1ccc1ccccc21.C#CC#CC#CC#CC#CC#CC#CC#CC#CC#CC#C[N+]1=C(/C=C/C2=C(Cl)C(=C/[N-]C)/CCC2)C(C)(C)c2c1ccc1ccccc21.C=CC1=C(Cl)/C(=C/C)CCC1.Cl.O=C1CCCCC1.[Ac].[HH].[HH].[HH].[HH].[HH].[HH].[HH].[HH].[HH].[HH].[HH].[HH].[HH].[HH].[HH].[HH].[HH].[HH].[HH].[HH].[HH].[HH].[HH].[HH].[HH].[HH].[HH].[HH].[HH].[HH].[HH].[HH].[HH].[HH].[HH].[HH].[HH].[HH].[HH].[HH].[HH].[HH].[HH].[HH].[I-].[I-]. The molecule has 0 aromatic heterocycles. The quantitative estimate of drug-likeness (QED) is 0.0331. The van der Waals surface area contributed by atoms with Crippen LogP contribution in [0.25, 0.3) is 37.6 Å². The van der Waals surface area contributed by atoms with E-state index in [0.717, 1.165) is 138 Å². The van der Waals surface area contributed by atoms with Crippen LogP contribution in [-0.2, 0) is 21.0 Å². The average Bonchev–Trinajstić information content (AvgIpc) is 1.58. The van der Waals surface area contributed by atoms with Gasteiger partial charge in [0.1, 0.15) is 5.78 Å². The number of benzene rings is 6. The monoisotopic (exact) mass is 2530 g/mol. The summed E-state index contributed by atoms with van der Waals surface area (Å²) in [5, 5.41) is 14.1. The molecule has 0 amide bonds. The van der Waals surface area contributed by atoms with Crippen LogP contribution in [0.15, 0.2) is 225 Å². The van der Waals surface area contributed by atoms with E-state index < -0.39 is 0 Å². The van der Waals surface area contributed by atoms with Crippen molar-refractivity contribution in [3.63, 3.8) is 0 Å². The van der Waals surface area contributed by atoms with Crippen LogP contribution in [0.1, 0.15) is 302 Å². The van der Waals surface area contributed by atoms with Crippen molar-refractivity contribution in [2.24, 2.45) is 0 Å². The number of halogens is 6. The zero-order valence-electron chi connectivity index (χ0n) is 85.6. The molecule has 3 heterocycles. The van der Waals surface area contributed by atoms with Crippen molar-refractivity contribution in [2.45, 2.75) is 239 Å². The first-order valence-corrected chi connectivity index (χ1v) is 50.1. The van der Waals surface area contributed by atoms with Gasteiger partial charge < -0.3 is 58.2 Å². The van der Waals surface area contributed by atoms with Crippen molar-refractivity contribution in [3.05, 3.63) is 247 Å². The van der Waals surface area contributed by atoms with E-state index in [1.807, 2.05) is 23.8 Å². The van der Waals surface area contributed by atoms with Gasteiger partial charge in [0.2, 0.25) is 34.9 Å². The van der Waals surface area contributed by atoms with Crippen LogP contribution in [0.4, 0.5) is 17.1 Å². The third kappa shape index (κ3) is 37.1. The molecule has 817 valence electrons. The molecular weight excluding hydrogens is 2330 g/mol. The van der Waals surface area contributed by atoms with Crippen LogP contribution in [0.5, 0.6) is 0 Å². The van der Waals surface area contributed by atoms with E-state index in [-0.39, 0.29) is 183 Å². The van der Waals surface area contributed by atoms with E-state index in [2.05, 4.69) is 470 Å². The molecule has 0 unspecified atom stereocenters. The van der Waals surface area contributed by atoms with E-state index in [4.69, 9.17) is 47.6 Å². The zero-order chi connectivity index (χ0) is 102. The second-order valence-corrected chi connectivity index (χ2v) is 36.8. The van der Waals surface area contributed by atoms with Gasteiger partial charge in [0.25, 0.3) is 0 Å². The van der Waals surface area contributed by atoms with Crippen LogP contribution in [0, 0.1) is 306 Å². The van der Waals surface area contributed by atoms with E-state index in [0.29, 0.717) is 5.78 Å². The molecule has 4 aliphatic carbocycles. The maximum atomic E-state index is 10.5. The first-order valence-electron chi connectivity index (χ1n) is 49.0. The number of hydrogen-bond acceptors (Lipinski definition) is 2. The van der Waals surface area contributed by atoms with E-state index in [1.54, 1.807) is 7.05 Å². The molecule has 0 atom stereocenters. The summed E-state index contributed by atoms with van der Waals surface area (Å²) in [5.74, 6) is 104. The van der Waals surface area contributed by atoms with Gasteiger partial charge in [-0.15, -0.1) is 41.5 Å². The van der Waals surface area contributed by atoms with Gasteiger partial charge in [-0.3, -0.25) is 4.79 Å². The number of Topliss-reactive ketones (excluding diaryl/α,β-unsaturated/α-hetero) is 1. The minimum absolute atomic E-state index is 0. The maximum Gasteiger partial charge on any atom is 0.243 e. The summed E-state index contributed by atoms with van der Waals surface area (Å²) in [5.41, 5.74) is 16.7. The predicted molar refractivity (Wildman–Crippen MR) is 707 cm³/mol. The van der Waals surface area contributed by atoms with Crippen molar-refractivity contribution in [1.82, 2.24) is 0 Å². The van der Waals surface area contributed by atoms with Crippen molar-refractivity contribution in [3.8, 4) is 262 Å². The normalized spacial score (nSPS) is 15.0. The van der Waals surface area contributed by atoms with Crippen LogP contribution in [-0.4, -0.2) is 40.0 Å². The number of anilines is 1. The van der Waals surface area contributed by atoms with Gasteiger partial charge in [0.05, 0.1) is 22.7 Å². The molecule has 0 N–H and O–H groups in total. The van der Waals surface area contributed by atoms with Gasteiger partial charge in [0, 0.05) is 324 Å². The van der Waals surface area contributed by atoms with Gasteiger partial charge in [-0.25, -0.2) is 0 Å². The first-order chi connectivity index (χ1) is 70.3. The zero-order valence-corrected chi connectivity index (χ0v) is 97.8. The molecule has 6 aromatic carbocycles. The summed E-state index contributed by atoms with van der Waals surface area (Å²) in [6, 6.07) is 45.7. The molecule has 1 saturated carbocycles. The van der Waals surface area contributed by atoms with Gasteiger partial charge in [-0.1, -0.05) is 254 Å². The standard InChI is InChI=1S/C74H64ClN2.C46H25ClN2.C10H13Cl.C6H10O.Ac.ClH.2HI.44H2/c1-7-9-11-13-15-17-19-21-22-23-24-25-26-27-28-30-32-34-36-42-59-77-67-55-51-61-45-38-40-49-65(61)71(67)74(5,6)69(77)57-53-63-47-43-46-62(72(63)75)52-56-68-73(3,4)70-64-48-39-37-44-60(64)50-54-66(70)76(68)58-41-35-33-31-29-20-18-16-14-12-10-8-2;1-5-6-7-8-9-10-11-12-13-14-15-16-17-18-19-20-21-22-23-26-36-49-42-34-32-38-28-24-25-31-41(38)44(42)46(2,3)43(49)35-33-39-29-27-30-40(37-48-4)45(39)47;1-3-8-6-5-7-9(4-2)10(8)11;7-6-4-2-1-3-5-6;;;;;;;;;;;;;;;;;;;;;;;;;;;;;;;;;;;;;;;;;;;;;;;;/h1,37-40,44-45,48-57H,8,10,12,14,16,18,20,29,31,33,35,41,43,46-47,58H2,2-6H3;1,24-25,28,31-35,37H,27,29-30H2,2-4H3;3-4H,1,5-7H2,2H3;1-5H2;;47*1H/q+1;;;;;;;;;;;;;;;;;;;;;;;;;;;;;;;;;;;;;;;;;;;;;;;;;;;/p-2/b;;9-4+;;;;;;;;;;;;;;;;;;;;;;;;;;;;;;;;;;;;;;;;;;;;;;;;;. The molecule has 7 aliphatic rings. The molecule has 0 spiro atoms. The summed E-state index contributed by atoms with van der Waals surface area (Å²) >= 11 is 20.4. The Balaban J connectivity index is -0.0000000490. The Hall–Kier alpha value is -13.5. The van der Waals surface area contributed by atoms with Crippen molar-refractivity contribution < 1.29 is 169 Å². The summed E-state index contributed by atoms with van der Waals surface area (Å²) in [6.07, 6.45) is 59.6. The van der Waals surface area contributed by atoms with Crippen molar-refractivity contribution in [1.29, 1.82) is 0 Å². The van der Waals surface area contributed by atoms with Gasteiger partial charge in [0.15, 0.2) is 0 Å². The molecule has 12 heteroatoms. The number of allylic oxidation sites excluding steroid dienone is 18. The van der Waals surface area contributed by atoms with Crippen molar-refractivity contribution in [2.75, 3.05) is 18.5 Å². The number of ketones is 1. The van der Waals surface area contributed by atoms with Crippen LogP contribution in [0.2, 0.25) is 0 Å². The smallest absolute Gasteiger partial charge is 0.243 e. The largest absolute Gasteiger partial charge is 1.00 e. The number of nitrogens with zero attached hydrogens (tertiary/aromatic N) is 4. The van der Waals surface area contributed by atoms with Crippen LogP contribution in [0.3, 0.4) is 0 Å². The topological polar surface area (TPSA) is 40.4 Å². The van der Waals surface area contributed by atoms with Crippen LogP contribution < -0.4 is 52.9 Å². The van der Waals surface area contributed by atoms with Crippen molar-refractivity contribution >= 4 is 114 Å². The Morgan fingerprint density at radius 2 is 0.716 bits per heavy atom. The molecule has 0 bridgehead atoms. The molecule has 148 heavy (non-hydrogen) atoms. The third-order valence-electron chi connectivity index (χ3n) is 25.0. The number of fused-ring (bicyclic) bond motifs is 9. The number of carbonyl (C=O) groups excluding carboxylic acids is 1. The molecule has 1 radical (unpaired) electrons. The summed E-state index contributed by atoms with van der Waals surface area (Å²) in [4.78, 5) is 13.1. The molecule has 0 saturated heterocycles. The first kappa shape index (κ1) is 123. The Morgan fingerprint density at radius 3 is 1.08 bits per heavy atom. The molecule has 1 fully saturated rings. The van der Waals surface area contributed by atoms with E-state index >= 15 is 0 Å². The number of rotatable bonds is 20. The second-order valence-electron chi connectivity index (χ2n) is 35.7. The minimum atomic E-state index is -0.376. The Labute approximate surface area is 1040 Å². The fraction of sp³-hybridized carbons (Fsp3) is 0.287. The summed E-state index contributed by atoms with van der Waals surface area (Å²) in [7, 11) is 1.77. The third-order valence-corrected chi connectivity index (χ3v) is 26.5. The van der Waals surface area contributed by atoms with Gasteiger partial charge in [-0.2, -0.15) is 6.20 Å². The summed E-state index contributed by atoms with van der Waals surface area (Å²) in [6.45, 7) is 22.9. The Morgan fingerprint density at radius 1 is 0.385 bits per heavy atom. The number of terminal acetylenes is 2. The minimum Gasteiger partial charge on any atom is -1.00 e. The Kier molecular flexibility index (Phi) is 56.7.